The van der Waals surface area contributed by atoms with Gasteiger partial charge in [0, 0.05) is 17.4 Å². The van der Waals surface area contributed by atoms with E-state index in [2.05, 4.69) is 36.5 Å². The molecule has 0 radical (unpaired) electrons. The highest BCUT2D eigenvalue weighted by Crippen LogP contribution is 2.14. The van der Waals surface area contributed by atoms with Gasteiger partial charge in [0.25, 0.3) is 0 Å². The van der Waals surface area contributed by atoms with E-state index in [4.69, 9.17) is 5.26 Å². The number of rotatable bonds is 6. The van der Waals surface area contributed by atoms with Crippen LogP contribution in [0.3, 0.4) is 0 Å². The fraction of sp³-hybridized carbons (Fsp3) is 0.389. The normalized spacial score (nSPS) is 12.5. The lowest BCUT2D eigenvalue weighted by molar-refractivity contribution is -0.118. The van der Waals surface area contributed by atoms with Crippen LogP contribution in [-0.2, 0) is 4.79 Å². The standard InChI is InChI=1S/C18H23N5O/c1-5-18(3,4)22-13(2)17(24)21-15-6-8-16(9-7-15)23-12-14(10-19)11-20-23/h6-9,11-13,22H,5H2,1-4H3,(H,21,24). The molecule has 1 amide bonds. The number of amides is 1. The molecular formula is C18H23N5O. The lowest BCUT2D eigenvalue weighted by atomic mass is 10.0. The van der Waals surface area contributed by atoms with E-state index in [1.165, 1.54) is 6.20 Å². The van der Waals surface area contributed by atoms with Gasteiger partial charge in [-0.25, -0.2) is 4.68 Å². The Morgan fingerprint density at radius 1 is 1.38 bits per heavy atom. The summed E-state index contributed by atoms with van der Waals surface area (Å²) >= 11 is 0. The van der Waals surface area contributed by atoms with Crippen molar-refractivity contribution < 1.29 is 4.79 Å². The fourth-order valence-corrected chi connectivity index (χ4v) is 2.22. The molecule has 1 unspecified atom stereocenters. The minimum absolute atomic E-state index is 0.0740. The van der Waals surface area contributed by atoms with Crippen molar-refractivity contribution in [3.8, 4) is 11.8 Å². The van der Waals surface area contributed by atoms with E-state index in [1.54, 1.807) is 10.9 Å². The van der Waals surface area contributed by atoms with Gasteiger partial charge in [-0.3, -0.25) is 4.79 Å². The van der Waals surface area contributed by atoms with Gasteiger partial charge in [0.05, 0.1) is 23.5 Å². The van der Waals surface area contributed by atoms with Crippen LogP contribution in [0.5, 0.6) is 0 Å². The molecule has 1 heterocycles. The highest BCUT2D eigenvalue weighted by atomic mass is 16.2. The summed E-state index contributed by atoms with van der Waals surface area (Å²) in [5.41, 5.74) is 1.97. The van der Waals surface area contributed by atoms with E-state index in [0.29, 0.717) is 5.56 Å². The maximum absolute atomic E-state index is 12.3. The molecule has 0 saturated heterocycles. The van der Waals surface area contributed by atoms with Crippen molar-refractivity contribution in [3.63, 3.8) is 0 Å². The number of hydrogen-bond donors (Lipinski definition) is 2. The SMILES string of the molecule is CCC(C)(C)NC(C)C(=O)Nc1ccc(-n2cc(C#N)cn2)cc1. The average molecular weight is 325 g/mol. The number of carbonyl (C=O) groups excluding carboxylic acids is 1. The van der Waals surface area contributed by atoms with Crippen molar-refractivity contribution in [2.24, 2.45) is 0 Å². The Morgan fingerprint density at radius 3 is 2.58 bits per heavy atom. The maximum Gasteiger partial charge on any atom is 0.241 e. The molecule has 1 aromatic heterocycles. The molecule has 2 N–H and O–H groups in total. The van der Waals surface area contributed by atoms with Crippen molar-refractivity contribution in [2.75, 3.05) is 5.32 Å². The first kappa shape index (κ1) is 17.7. The van der Waals surface area contributed by atoms with Crippen LogP contribution < -0.4 is 10.6 Å². The van der Waals surface area contributed by atoms with Crippen LogP contribution in [0.2, 0.25) is 0 Å². The van der Waals surface area contributed by atoms with Gasteiger partial charge in [-0.2, -0.15) is 10.4 Å². The van der Waals surface area contributed by atoms with Crippen molar-refractivity contribution in [2.45, 2.75) is 45.7 Å². The van der Waals surface area contributed by atoms with E-state index in [9.17, 15) is 4.79 Å². The van der Waals surface area contributed by atoms with Crippen molar-refractivity contribution >= 4 is 11.6 Å². The Bertz CT molecular complexity index is 740. The summed E-state index contributed by atoms with van der Waals surface area (Å²) < 4.78 is 1.62. The molecule has 24 heavy (non-hydrogen) atoms. The molecule has 0 aliphatic rings. The number of carbonyl (C=O) groups is 1. The highest BCUT2D eigenvalue weighted by molar-refractivity contribution is 5.94. The third kappa shape index (κ3) is 4.43. The highest BCUT2D eigenvalue weighted by Gasteiger charge is 2.21. The van der Waals surface area contributed by atoms with Crippen LogP contribution >= 0.6 is 0 Å². The second-order valence-corrected chi connectivity index (χ2v) is 6.42. The van der Waals surface area contributed by atoms with E-state index in [1.807, 2.05) is 37.3 Å². The smallest absolute Gasteiger partial charge is 0.241 e. The monoisotopic (exact) mass is 325 g/mol. The maximum atomic E-state index is 12.3. The minimum atomic E-state index is -0.288. The van der Waals surface area contributed by atoms with Gasteiger partial charge >= 0.3 is 0 Å². The first-order valence-electron chi connectivity index (χ1n) is 7.98. The average Bonchev–Trinajstić information content (AvgIpc) is 3.04. The summed E-state index contributed by atoms with van der Waals surface area (Å²) in [6.07, 6.45) is 4.11. The zero-order chi connectivity index (χ0) is 17.7. The number of benzene rings is 1. The van der Waals surface area contributed by atoms with Crippen LogP contribution in [-0.4, -0.2) is 27.3 Å². The van der Waals surface area contributed by atoms with Gasteiger partial charge in [0.1, 0.15) is 6.07 Å². The first-order chi connectivity index (χ1) is 11.3. The summed E-state index contributed by atoms with van der Waals surface area (Å²) in [5, 5.41) is 19.2. The third-order valence-corrected chi connectivity index (χ3v) is 4.00. The van der Waals surface area contributed by atoms with Crippen molar-refractivity contribution in [1.29, 1.82) is 5.26 Å². The van der Waals surface area contributed by atoms with Crippen molar-refractivity contribution in [1.82, 2.24) is 15.1 Å². The number of anilines is 1. The fourth-order valence-electron chi connectivity index (χ4n) is 2.22. The minimum Gasteiger partial charge on any atom is -0.325 e. The van der Waals surface area contributed by atoms with Gasteiger partial charge in [-0.05, 0) is 51.5 Å². The molecule has 0 aliphatic carbocycles. The van der Waals surface area contributed by atoms with E-state index < -0.39 is 0 Å². The molecule has 6 nitrogen and oxygen atoms in total. The predicted molar refractivity (Wildman–Crippen MR) is 93.9 cm³/mol. The summed E-state index contributed by atoms with van der Waals surface area (Å²) in [7, 11) is 0. The van der Waals surface area contributed by atoms with Gasteiger partial charge < -0.3 is 10.6 Å². The summed E-state index contributed by atoms with van der Waals surface area (Å²) in [5.74, 6) is -0.0740. The van der Waals surface area contributed by atoms with E-state index in [0.717, 1.165) is 17.8 Å². The molecule has 1 atom stereocenters. The summed E-state index contributed by atoms with van der Waals surface area (Å²) in [4.78, 5) is 12.3. The summed E-state index contributed by atoms with van der Waals surface area (Å²) in [6, 6.07) is 9.08. The molecule has 0 bridgehead atoms. The number of nitriles is 1. The van der Waals surface area contributed by atoms with Gasteiger partial charge in [0.2, 0.25) is 5.91 Å². The van der Waals surface area contributed by atoms with E-state index >= 15 is 0 Å². The molecule has 6 heteroatoms. The topological polar surface area (TPSA) is 82.7 Å². The Balaban J connectivity index is 2.01. The van der Waals surface area contributed by atoms with Crippen LogP contribution in [0.15, 0.2) is 36.7 Å². The number of hydrogen-bond acceptors (Lipinski definition) is 4. The predicted octanol–water partition coefficient (Wildman–Crippen LogP) is 2.85. The van der Waals surface area contributed by atoms with Gasteiger partial charge in [0.15, 0.2) is 0 Å². The van der Waals surface area contributed by atoms with Crippen LogP contribution in [0.4, 0.5) is 5.69 Å². The number of nitrogens with one attached hydrogen (secondary N) is 2. The quantitative estimate of drug-likeness (QED) is 0.855. The van der Waals surface area contributed by atoms with Crippen LogP contribution in [0.1, 0.15) is 39.7 Å². The lowest BCUT2D eigenvalue weighted by Gasteiger charge is -2.28. The third-order valence-electron chi connectivity index (χ3n) is 4.00. The number of nitrogens with zero attached hydrogens (tertiary/aromatic N) is 3. The van der Waals surface area contributed by atoms with Gasteiger partial charge in [-0.1, -0.05) is 6.92 Å². The van der Waals surface area contributed by atoms with Crippen molar-refractivity contribution in [3.05, 3.63) is 42.2 Å². The molecule has 126 valence electrons. The Kier molecular flexibility index (Phi) is 5.37. The Morgan fingerprint density at radius 2 is 2.04 bits per heavy atom. The van der Waals surface area contributed by atoms with Gasteiger partial charge in [-0.15, -0.1) is 0 Å². The molecule has 2 rings (SSSR count). The number of aromatic nitrogens is 2. The molecule has 0 fully saturated rings. The largest absolute Gasteiger partial charge is 0.325 e. The second kappa shape index (κ2) is 7.28. The van der Waals surface area contributed by atoms with E-state index in [-0.39, 0.29) is 17.5 Å². The van der Waals surface area contributed by atoms with Crippen LogP contribution in [0, 0.1) is 11.3 Å². The summed E-state index contributed by atoms with van der Waals surface area (Å²) in [6.45, 7) is 8.09. The second-order valence-electron chi connectivity index (χ2n) is 6.42. The lowest BCUT2D eigenvalue weighted by Crippen LogP contribution is -2.49. The first-order valence-corrected chi connectivity index (χ1v) is 7.98. The zero-order valence-corrected chi connectivity index (χ0v) is 14.5. The molecule has 0 aliphatic heterocycles. The molecule has 1 aromatic carbocycles. The molecule has 2 aromatic rings. The Labute approximate surface area is 142 Å². The van der Waals surface area contributed by atoms with Crippen LogP contribution in [0.25, 0.3) is 5.69 Å². The zero-order valence-electron chi connectivity index (χ0n) is 14.5. The Hall–Kier alpha value is -2.65. The molecule has 0 saturated carbocycles. The molecular weight excluding hydrogens is 302 g/mol. The molecule has 0 spiro atoms.